The molecule has 0 aliphatic rings. The van der Waals surface area contributed by atoms with Crippen molar-refractivity contribution in [1.29, 1.82) is 0 Å². The molecule has 0 radical (unpaired) electrons. The number of hydrogen-bond donors (Lipinski definition) is 1. The minimum absolute atomic E-state index is 0.716. The van der Waals surface area contributed by atoms with Crippen molar-refractivity contribution in [2.75, 3.05) is 26.3 Å². The van der Waals surface area contributed by atoms with Crippen molar-refractivity contribution in [3.63, 3.8) is 0 Å². The maximum absolute atomic E-state index is 5.61. The van der Waals surface area contributed by atoms with E-state index in [0.717, 1.165) is 39.1 Å². The highest BCUT2D eigenvalue weighted by Crippen LogP contribution is 2.17. The molecule has 0 spiro atoms. The van der Waals surface area contributed by atoms with Crippen LogP contribution >= 0.6 is 11.3 Å². The summed E-state index contributed by atoms with van der Waals surface area (Å²) in [6.45, 7) is 10.3. The summed E-state index contributed by atoms with van der Waals surface area (Å²) in [5.74, 6) is 0.716. The number of nitrogens with one attached hydrogen (secondary N) is 1. The zero-order chi connectivity index (χ0) is 12.5. The fourth-order valence-corrected chi connectivity index (χ4v) is 2.50. The van der Waals surface area contributed by atoms with Crippen LogP contribution in [0.2, 0.25) is 0 Å². The van der Waals surface area contributed by atoms with Gasteiger partial charge in [-0.05, 0) is 31.0 Å². The van der Waals surface area contributed by atoms with Gasteiger partial charge in [0.25, 0.3) is 0 Å². The summed E-state index contributed by atoms with van der Waals surface area (Å²) in [7, 11) is 0. The smallest absolute Gasteiger partial charge is 0.0591 e. The van der Waals surface area contributed by atoms with Crippen LogP contribution in [0.15, 0.2) is 12.1 Å². The van der Waals surface area contributed by atoms with Gasteiger partial charge in [0.2, 0.25) is 0 Å². The molecule has 0 unspecified atom stereocenters. The third-order valence-corrected chi connectivity index (χ3v) is 3.82. The first kappa shape index (κ1) is 14.7. The number of rotatable bonds is 9. The van der Waals surface area contributed by atoms with Crippen LogP contribution in [0.1, 0.15) is 30.5 Å². The Bertz CT molecular complexity index is 296. The molecule has 17 heavy (non-hydrogen) atoms. The Hall–Kier alpha value is -0.380. The molecular formula is C14H25NOS. The molecule has 1 aromatic heterocycles. The average Bonchev–Trinajstić information content (AvgIpc) is 2.75. The molecular weight excluding hydrogens is 230 g/mol. The Morgan fingerprint density at radius 1 is 1.24 bits per heavy atom. The summed E-state index contributed by atoms with van der Waals surface area (Å²) in [5.41, 5.74) is 0. The summed E-state index contributed by atoms with van der Waals surface area (Å²) in [6, 6.07) is 4.45. The average molecular weight is 255 g/mol. The lowest BCUT2D eigenvalue weighted by Gasteiger charge is -2.07. The first-order chi connectivity index (χ1) is 8.22. The van der Waals surface area contributed by atoms with E-state index in [2.05, 4.69) is 38.2 Å². The molecule has 0 aliphatic heterocycles. The first-order valence-electron chi connectivity index (χ1n) is 6.58. The van der Waals surface area contributed by atoms with Gasteiger partial charge in [-0.1, -0.05) is 20.8 Å². The van der Waals surface area contributed by atoms with Crippen molar-refractivity contribution in [1.82, 2.24) is 5.32 Å². The summed E-state index contributed by atoms with van der Waals surface area (Å²) in [5, 5.41) is 3.37. The lowest BCUT2D eigenvalue weighted by Crippen LogP contribution is -2.24. The van der Waals surface area contributed by atoms with E-state index < -0.39 is 0 Å². The molecule has 3 heteroatoms. The number of aryl methyl sites for hydroxylation is 1. The predicted molar refractivity (Wildman–Crippen MR) is 75.9 cm³/mol. The standard InChI is InChI=1S/C14H25NOS/c1-4-13-5-6-14(17-13)7-9-16-10-8-15-11-12(2)3/h5-6,12,15H,4,7-11H2,1-3H3. The van der Waals surface area contributed by atoms with E-state index in [1.165, 1.54) is 9.75 Å². The number of hydrogen-bond acceptors (Lipinski definition) is 3. The van der Waals surface area contributed by atoms with Gasteiger partial charge >= 0.3 is 0 Å². The lowest BCUT2D eigenvalue weighted by molar-refractivity contribution is 0.139. The Labute approximate surface area is 109 Å². The zero-order valence-corrected chi connectivity index (χ0v) is 12.1. The molecule has 1 heterocycles. The molecule has 0 bridgehead atoms. The minimum Gasteiger partial charge on any atom is -0.380 e. The van der Waals surface area contributed by atoms with Crippen molar-refractivity contribution in [3.05, 3.63) is 21.9 Å². The zero-order valence-electron chi connectivity index (χ0n) is 11.3. The lowest BCUT2D eigenvalue weighted by atomic mass is 10.2. The molecule has 1 N–H and O–H groups in total. The Kier molecular flexibility index (Phi) is 7.49. The highest BCUT2D eigenvalue weighted by Gasteiger charge is 1.98. The summed E-state index contributed by atoms with van der Waals surface area (Å²) >= 11 is 1.91. The molecule has 0 amide bonds. The second kappa shape index (κ2) is 8.67. The van der Waals surface area contributed by atoms with Gasteiger partial charge in [0.1, 0.15) is 0 Å². The second-order valence-electron chi connectivity index (χ2n) is 4.68. The van der Waals surface area contributed by atoms with E-state index in [-0.39, 0.29) is 0 Å². The predicted octanol–water partition coefficient (Wildman–Crippen LogP) is 3.12. The summed E-state index contributed by atoms with van der Waals surface area (Å²) in [6.07, 6.45) is 2.19. The van der Waals surface area contributed by atoms with E-state index in [4.69, 9.17) is 4.74 Å². The van der Waals surface area contributed by atoms with Crippen molar-refractivity contribution >= 4 is 11.3 Å². The molecule has 2 nitrogen and oxygen atoms in total. The molecule has 1 aromatic rings. The normalized spacial score (nSPS) is 11.3. The van der Waals surface area contributed by atoms with Crippen molar-refractivity contribution in [2.24, 2.45) is 5.92 Å². The third kappa shape index (κ3) is 6.81. The van der Waals surface area contributed by atoms with Gasteiger partial charge in [0.05, 0.1) is 13.2 Å². The largest absolute Gasteiger partial charge is 0.380 e. The Morgan fingerprint density at radius 2 is 2.00 bits per heavy atom. The van der Waals surface area contributed by atoms with Crippen LogP contribution in [0.4, 0.5) is 0 Å². The Morgan fingerprint density at radius 3 is 2.65 bits per heavy atom. The number of ether oxygens (including phenoxy) is 1. The van der Waals surface area contributed by atoms with Crippen LogP contribution in [0, 0.1) is 5.92 Å². The van der Waals surface area contributed by atoms with Crippen LogP contribution in [0.5, 0.6) is 0 Å². The molecule has 0 saturated carbocycles. The molecule has 0 fully saturated rings. The van der Waals surface area contributed by atoms with Gasteiger partial charge in [-0.3, -0.25) is 0 Å². The van der Waals surface area contributed by atoms with Crippen LogP contribution in [0.3, 0.4) is 0 Å². The van der Waals surface area contributed by atoms with Crippen molar-refractivity contribution < 1.29 is 4.74 Å². The van der Waals surface area contributed by atoms with E-state index in [0.29, 0.717) is 5.92 Å². The van der Waals surface area contributed by atoms with Gasteiger partial charge in [-0.2, -0.15) is 0 Å². The summed E-state index contributed by atoms with van der Waals surface area (Å²) in [4.78, 5) is 2.91. The molecule has 98 valence electrons. The quantitative estimate of drug-likeness (QED) is 0.685. The van der Waals surface area contributed by atoms with E-state index in [1.807, 2.05) is 11.3 Å². The maximum Gasteiger partial charge on any atom is 0.0591 e. The molecule has 0 aromatic carbocycles. The van der Waals surface area contributed by atoms with Gasteiger partial charge < -0.3 is 10.1 Å². The highest BCUT2D eigenvalue weighted by atomic mass is 32.1. The third-order valence-electron chi connectivity index (χ3n) is 2.53. The van der Waals surface area contributed by atoms with Crippen molar-refractivity contribution in [2.45, 2.75) is 33.6 Å². The first-order valence-corrected chi connectivity index (χ1v) is 7.40. The molecule has 1 rings (SSSR count). The van der Waals surface area contributed by atoms with Crippen LogP contribution in [0.25, 0.3) is 0 Å². The van der Waals surface area contributed by atoms with Crippen LogP contribution in [-0.2, 0) is 17.6 Å². The fraction of sp³-hybridized carbons (Fsp3) is 0.714. The van der Waals surface area contributed by atoms with Crippen molar-refractivity contribution in [3.8, 4) is 0 Å². The molecule has 0 aliphatic carbocycles. The fourth-order valence-electron chi connectivity index (χ4n) is 1.56. The van der Waals surface area contributed by atoms with E-state index in [1.54, 1.807) is 0 Å². The van der Waals surface area contributed by atoms with Gasteiger partial charge in [-0.15, -0.1) is 11.3 Å². The highest BCUT2D eigenvalue weighted by molar-refractivity contribution is 7.11. The van der Waals surface area contributed by atoms with E-state index >= 15 is 0 Å². The molecule has 0 atom stereocenters. The maximum atomic E-state index is 5.61. The minimum atomic E-state index is 0.716. The monoisotopic (exact) mass is 255 g/mol. The van der Waals surface area contributed by atoms with Gasteiger partial charge in [0, 0.05) is 22.7 Å². The molecule has 0 saturated heterocycles. The summed E-state index contributed by atoms with van der Waals surface area (Å²) < 4.78 is 5.61. The van der Waals surface area contributed by atoms with Gasteiger partial charge in [-0.25, -0.2) is 0 Å². The van der Waals surface area contributed by atoms with Crippen LogP contribution < -0.4 is 5.32 Å². The van der Waals surface area contributed by atoms with Gasteiger partial charge in [0.15, 0.2) is 0 Å². The Balaban J connectivity index is 1.97. The number of thiophene rings is 1. The topological polar surface area (TPSA) is 21.3 Å². The van der Waals surface area contributed by atoms with E-state index in [9.17, 15) is 0 Å². The second-order valence-corrected chi connectivity index (χ2v) is 5.93. The van der Waals surface area contributed by atoms with Crippen LogP contribution in [-0.4, -0.2) is 26.3 Å². The SMILES string of the molecule is CCc1ccc(CCOCCNCC(C)C)s1.